The van der Waals surface area contributed by atoms with Crippen molar-refractivity contribution in [1.29, 1.82) is 0 Å². The Balaban J connectivity index is 2.31. The number of nitrogens with two attached hydrogens (primary N) is 1. The van der Waals surface area contributed by atoms with Crippen molar-refractivity contribution in [2.75, 3.05) is 24.1 Å². The smallest absolute Gasteiger partial charge is 0.407 e. The summed E-state index contributed by atoms with van der Waals surface area (Å²) in [7, 11) is 0. The Labute approximate surface area is 114 Å². The fourth-order valence-corrected chi connectivity index (χ4v) is 1.50. The minimum Gasteiger partial charge on any atom is -0.444 e. The SMILES string of the molecule is Cc1ccc(N)c(NCCNC(=O)OC(C)(C)C)c1. The summed E-state index contributed by atoms with van der Waals surface area (Å²) in [5.41, 5.74) is 8.08. The average Bonchev–Trinajstić information content (AvgIpc) is 2.26. The highest BCUT2D eigenvalue weighted by Crippen LogP contribution is 2.18. The van der Waals surface area contributed by atoms with Gasteiger partial charge in [0.25, 0.3) is 0 Å². The summed E-state index contributed by atoms with van der Waals surface area (Å²) >= 11 is 0. The molecule has 0 saturated heterocycles. The van der Waals surface area contributed by atoms with Gasteiger partial charge in [-0.2, -0.15) is 0 Å². The third-order valence-electron chi connectivity index (χ3n) is 2.32. The van der Waals surface area contributed by atoms with E-state index in [4.69, 9.17) is 10.5 Å². The van der Waals surface area contributed by atoms with E-state index in [0.29, 0.717) is 18.8 Å². The number of alkyl carbamates (subject to hydrolysis) is 1. The van der Waals surface area contributed by atoms with Gasteiger partial charge >= 0.3 is 6.09 Å². The molecular formula is C14H23N3O2. The number of carbonyl (C=O) groups is 1. The first-order valence-corrected chi connectivity index (χ1v) is 6.35. The molecule has 106 valence electrons. The van der Waals surface area contributed by atoms with Crippen LogP contribution in [0.4, 0.5) is 16.2 Å². The minimum atomic E-state index is -0.474. The molecule has 0 aliphatic heterocycles. The van der Waals surface area contributed by atoms with E-state index < -0.39 is 11.7 Å². The molecule has 0 heterocycles. The zero-order valence-corrected chi connectivity index (χ0v) is 12.0. The third kappa shape index (κ3) is 5.99. The van der Waals surface area contributed by atoms with Crippen LogP contribution in [0.3, 0.4) is 0 Å². The number of amides is 1. The van der Waals surface area contributed by atoms with Crippen molar-refractivity contribution in [2.24, 2.45) is 0 Å². The Morgan fingerprint density at radius 1 is 1.32 bits per heavy atom. The van der Waals surface area contributed by atoms with Crippen LogP contribution in [0.5, 0.6) is 0 Å². The van der Waals surface area contributed by atoms with E-state index in [2.05, 4.69) is 10.6 Å². The van der Waals surface area contributed by atoms with Crippen LogP contribution in [0.15, 0.2) is 18.2 Å². The number of ether oxygens (including phenoxy) is 1. The molecule has 0 fully saturated rings. The maximum absolute atomic E-state index is 11.4. The summed E-state index contributed by atoms with van der Waals surface area (Å²) in [6.07, 6.45) is -0.411. The standard InChI is InChI=1S/C14H23N3O2/c1-10-5-6-11(15)12(9-10)16-7-8-17-13(18)19-14(2,3)4/h5-6,9,16H,7-8,15H2,1-4H3,(H,17,18). The summed E-state index contributed by atoms with van der Waals surface area (Å²) in [5.74, 6) is 0. The molecule has 0 saturated carbocycles. The van der Waals surface area contributed by atoms with Gasteiger partial charge in [-0.3, -0.25) is 0 Å². The third-order valence-corrected chi connectivity index (χ3v) is 2.32. The van der Waals surface area contributed by atoms with Gasteiger partial charge in [-0.05, 0) is 45.4 Å². The van der Waals surface area contributed by atoms with Crippen LogP contribution in [0, 0.1) is 6.92 Å². The van der Waals surface area contributed by atoms with Gasteiger partial charge in [-0.25, -0.2) is 4.79 Å². The topological polar surface area (TPSA) is 76.4 Å². The zero-order valence-electron chi connectivity index (χ0n) is 12.0. The van der Waals surface area contributed by atoms with E-state index in [-0.39, 0.29) is 0 Å². The molecule has 4 N–H and O–H groups in total. The molecule has 0 radical (unpaired) electrons. The minimum absolute atomic E-state index is 0.411. The monoisotopic (exact) mass is 265 g/mol. The molecule has 1 aromatic carbocycles. The molecule has 0 atom stereocenters. The Bertz CT molecular complexity index is 439. The highest BCUT2D eigenvalue weighted by molar-refractivity contribution is 5.68. The quantitative estimate of drug-likeness (QED) is 0.577. The number of carbonyl (C=O) groups excluding carboxylic acids is 1. The van der Waals surface area contributed by atoms with Gasteiger partial charge in [0.15, 0.2) is 0 Å². The summed E-state index contributed by atoms with van der Waals surface area (Å²) in [6, 6.07) is 5.79. The van der Waals surface area contributed by atoms with E-state index in [0.717, 1.165) is 11.3 Å². The second-order valence-electron chi connectivity index (χ2n) is 5.45. The van der Waals surface area contributed by atoms with E-state index in [9.17, 15) is 4.79 Å². The number of nitrogen functional groups attached to an aromatic ring is 1. The van der Waals surface area contributed by atoms with E-state index in [1.807, 2.05) is 45.9 Å². The predicted molar refractivity (Wildman–Crippen MR) is 78.3 cm³/mol. The highest BCUT2D eigenvalue weighted by atomic mass is 16.6. The fourth-order valence-electron chi connectivity index (χ4n) is 1.50. The number of hydrogen-bond donors (Lipinski definition) is 3. The Kier molecular flexibility index (Phi) is 5.03. The predicted octanol–water partition coefficient (Wildman–Crippen LogP) is 2.51. The van der Waals surface area contributed by atoms with Crippen LogP contribution in [0.25, 0.3) is 0 Å². The van der Waals surface area contributed by atoms with Crippen LogP contribution >= 0.6 is 0 Å². The Hall–Kier alpha value is -1.91. The maximum atomic E-state index is 11.4. The Morgan fingerprint density at radius 2 is 2.00 bits per heavy atom. The van der Waals surface area contributed by atoms with Gasteiger partial charge in [-0.15, -0.1) is 0 Å². The van der Waals surface area contributed by atoms with Gasteiger partial charge < -0.3 is 21.1 Å². The van der Waals surface area contributed by atoms with Gasteiger partial charge in [0, 0.05) is 13.1 Å². The van der Waals surface area contributed by atoms with E-state index in [1.165, 1.54) is 0 Å². The number of hydrogen-bond acceptors (Lipinski definition) is 4. The van der Waals surface area contributed by atoms with E-state index >= 15 is 0 Å². The fraction of sp³-hybridized carbons (Fsp3) is 0.500. The van der Waals surface area contributed by atoms with Crippen LogP contribution in [0.2, 0.25) is 0 Å². The number of aryl methyl sites for hydroxylation is 1. The zero-order chi connectivity index (χ0) is 14.5. The molecule has 1 aromatic rings. The first-order chi connectivity index (χ1) is 8.78. The van der Waals surface area contributed by atoms with Crippen molar-refractivity contribution < 1.29 is 9.53 Å². The Morgan fingerprint density at radius 3 is 2.63 bits per heavy atom. The molecule has 5 heteroatoms. The second kappa shape index (κ2) is 6.31. The molecule has 0 bridgehead atoms. The average molecular weight is 265 g/mol. The largest absolute Gasteiger partial charge is 0.444 e. The van der Waals surface area contributed by atoms with Crippen LogP contribution < -0.4 is 16.4 Å². The normalized spacial score (nSPS) is 10.9. The summed E-state index contributed by atoms with van der Waals surface area (Å²) in [4.78, 5) is 11.4. The maximum Gasteiger partial charge on any atom is 0.407 e. The number of anilines is 2. The molecule has 5 nitrogen and oxygen atoms in total. The molecule has 19 heavy (non-hydrogen) atoms. The van der Waals surface area contributed by atoms with Gasteiger partial charge in [0.1, 0.15) is 5.60 Å². The summed E-state index contributed by atoms with van der Waals surface area (Å²) in [5, 5.41) is 5.86. The molecule has 0 aliphatic carbocycles. The first kappa shape index (κ1) is 15.1. The summed E-state index contributed by atoms with van der Waals surface area (Å²) in [6.45, 7) is 8.56. The molecule has 0 unspecified atom stereocenters. The highest BCUT2D eigenvalue weighted by Gasteiger charge is 2.15. The summed E-state index contributed by atoms with van der Waals surface area (Å²) < 4.78 is 5.13. The molecule has 0 aliphatic rings. The van der Waals surface area contributed by atoms with Crippen LogP contribution in [0.1, 0.15) is 26.3 Å². The van der Waals surface area contributed by atoms with Crippen molar-refractivity contribution in [3.63, 3.8) is 0 Å². The lowest BCUT2D eigenvalue weighted by Gasteiger charge is -2.19. The van der Waals surface area contributed by atoms with Gasteiger partial charge in [0.2, 0.25) is 0 Å². The number of rotatable bonds is 4. The van der Waals surface area contributed by atoms with Crippen molar-refractivity contribution in [2.45, 2.75) is 33.3 Å². The number of nitrogens with one attached hydrogen (secondary N) is 2. The van der Waals surface area contributed by atoms with Crippen LogP contribution in [-0.2, 0) is 4.74 Å². The molecule has 0 aromatic heterocycles. The first-order valence-electron chi connectivity index (χ1n) is 6.35. The van der Waals surface area contributed by atoms with Crippen molar-refractivity contribution in [3.05, 3.63) is 23.8 Å². The molecular weight excluding hydrogens is 242 g/mol. The molecule has 1 rings (SSSR count). The van der Waals surface area contributed by atoms with Gasteiger partial charge in [0.05, 0.1) is 11.4 Å². The second-order valence-corrected chi connectivity index (χ2v) is 5.45. The lowest BCUT2D eigenvalue weighted by Crippen LogP contribution is -2.35. The van der Waals surface area contributed by atoms with Gasteiger partial charge in [-0.1, -0.05) is 6.07 Å². The van der Waals surface area contributed by atoms with Crippen molar-refractivity contribution in [1.82, 2.24) is 5.32 Å². The van der Waals surface area contributed by atoms with Crippen molar-refractivity contribution in [3.8, 4) is 0 Å². The van der Waals surface area contributed by atoms with Crippen LogP contribution in [-0.4, -0.2) is 24.8 Å². The lowest BCUT2D eigenvalue weighted by molar-refractivity contribution is 0.0530. The number of benzene rings is 1. The molecule has 1 amide bonds. The lowest BCUT2D eigenvalue weighted by atomic mass is 10.2. The van der Waals surface area contributed by atoms with E-state index in [1.54, 1.807) is 0 Å². The van der Waals surface area contributed by atoms with Crippen molar-refractivity contribution >= 4 is 17.5 Å². The molecule has 0 spiro atoms.